The molecule has 9 heterocycles. The van der Waals surface area contributed by atoms with Gasteiger partial charge in [-0.2, -0.15) is 0 Å². The molecule has 12 aromatic rings. The van der Waals surface area contributed by atoms with Crippen molar-refractivity contribution in [1.82, 2.24) is 28.7 Å². The number of aromatic nitrogens is 6. The van der Waals surface area contributed by atoms with Crippen molar-refractivity contribution < 1.29 is 28.8 Å². The van der Waals surface area contributed by atoms with Crippen LogP contribution in [0.4, 0.5) is 0 Å². The van der Waals surface area contributed by atoms with Crippen LogP contribution in [0, 0.1) is 0 Å². The number of hydrogen-bond donors (Lipinski definition) is 3. The maximum Gasteiger partial charge on any atom is 0.148 e. The van der Waals surface area contributed by atoms with E-state index >= 15 is 0 Å². The fourth-order valence-corrected chi connectivity index (χ4v) is 16.1. The second-order valence-electron chi connectivity index (χ2n) is 24.1. The number of para-hydroxylation sites is 6. The summed E-state index contributed by atoms with van der Waals surface area (Å²) in [5, 5.41) is 6.51. The fraction of sp³-hybridized carbons (Fsp3) is 0.250. The summed E-state index contributed by atoms with van der Waals surface area (Å²) < 4.78 is 6.85. The molecule has 0 spiro atoms. The Hall–Kier alpha value is -9.42. The monoisotopic (exact) mass is 1100 g/mol. The lowest BCUT2D eigenvalue weighted by molar-refractivity contribution is -0.123. The minimum Gasteiger partial charge on any atom is -0.361 e. The van der Waals surface area contributed by atoms with Gasteiger partial charge >= 0.3 is 0 Å². The number of rotatable bonds is 6. The first kappa shape index (κ1) is 50.3. The molecule has 414 valence electrons. The Morgan fingerprint density at radius 3 is 0.857 bits per heavy atom. The molecule has 0 amide bonds. The Kier molecular flexibility index (Phi) is 11.7. The predicted molar refractivity (Wildman–Crippen MR) is 326 cm³/mol. The number of ketones is 6. The maximum absolute atomic E-state index is 13.0. The molecular formula is C72H60N6O6. The maximum atomic E-state index is 13.0. The van der Waals surface area contributed by atoms with Crippen molar-refractivity contribution in [3.8, 4) is 0 Å². The number of carbonyl (C=O) groups excluding carboxylic acids is 6. The van der Waals surface area contributed by atoms with E-state index in [4.69, 9.17) is 0 Å². The summed E-state index contributed by atoms with van der Waals surface area (Å²) >= 11 is 0. The van der Waals surface area contributed by atoms with Crippen molar-refractivity contribution in [1.29, 1.82) is 0 Å². The highest BCUT2D eigenvalue weighted by molar-refractivity contribution is 6.18. The fourth-order valence-electron chi connectivity index (χ4n) is 16.1. The summed E-state index contributed by atoms with van der Waals surface area (Å²) in [6.07, 6.45) is 18.8. The lowest BCUT2D eigenvalue weighted by Crippen LogP contribution is -2.14. The van der Waals surface area contributed by atoms with Gasteiger partial charge in [-0.1, -0.05) is 109 Å². The van der Waals surface area contributed by atoms with Crippen LogP contribution in [0.25, 0.3) is 65.4 Å². The lowest BCUT2D eigenvalue weighted by atomic mass is 9.83. The van der Waals surface area contributed by atoms with Crippen LogP contribution < -0.4 is 0 Å². The molecule has 18 rings (SSSR count). The van der Waals surface area contributed by atoms with Gasteiger partial charge in [0.15, 0.2) is 0 Å². The molecule has 0 saturated heterocycles. The molecule has 0 unspecified atom stereocenters. The topological polar surface area (TPSA) is 165 Å². The van der Waals surface area contributed by atoms with Crippen LogP contribution in [0.5, 0.6) is 0 Å². The number of nitrogens with one attached hydrogen (secondary N) is 3. The second-order valence-corrected chi connectivity index (χ2v) is 24.1. The van der Waals surface area contributed by atoms with Crippen molar-refractivity contribution in [3.05, 3.63) is 215 Å². The summed E-state index contributed by atoms with van der Waals surface area (Å²) in [4.78, 5) is 87.8. The number of nitrogens with zero attached hydrogens (tertiary/aromatic N) is 3. The first-order valence-corrected chi connectivity index (χ1v) is 29.8. The van der Waals surface area contributed by atoms with Crippen molar-refractivity contribution in [2.24, 2.45) is 0 Å². The molecule has 3 aliphatic heterocycles. The van der Waals surface area contributed by atoms with Gasteiger partial charge < -0.3 is 28.7 Å². The molecule has 12 heteroatoms. The molecule has 3 aliphatic carbocycles. The normalized spacial score (nSPS) is 21.9. The van der Waals surface area contributed by atoms with Gasteiger partial charge in [-0.05, 0) is 107 Å². The molecule has 6 aromatic carbocycles. The Morgan fingerprint density at radius 2 is 0.560 bits per heavy atom. The average molecular weight is 1110 g/mol. The molecule has 6 atom stereocenters. The van der Waals surface area contributed by atoms with Crippen molar-refractivity contribution in [3.63, 3.8) is 0 Å². The summed E-state index contributed by atoms with van der Waals surface area (Å²) in [7, 11) is 0. The molecule has 3 N–H and O–H groups in total. The SMILES string of the molecule is O=C1CC(=O)[C@@H](c2cn3c4c(cccc24)CCC3)[C@@H]1c1c[nH]c2ccccc12.O=C1CC(=O)[C@@H](c2cn3c4c(cccc24)CCC3)[C@@H]1c1c[nH]c2ccccc12.O=C1CC(=O)[C@H](c2cn3c4c(cccc24)CCC3)[C@H]1c1c[nH]c2ccccc12. The average Bonchev–Trinajstić information content (AvgIpc) is 1.84. The van der Waals surface area contributed by atoms with Crippen molar-refractivity contribution >= 4 is 100 Å². The van der Waals surface area contributed by atoms with Crippen LogP contribution in [0.2, 0.25) is 0 Å². The standard InChI is InChI=1S/3C24H20N2O2/c3*27-20-11-21(28)23(22(20)17-12-25-19-9-2-1-7-15(17)19)18-13-26-10-4-6-14-5-3-8-16(18)24(14)26/h3*1-3,5,7-9,12-13,22-23,25H,4,6,10-11H2/t3*22-,23-/m110/s1. The molecule has 6 aliphatic rings. The number of fused-ring (bicyclic) bond motifs is 3. The van der Waals surface area contributed by atoms with E-state index in [1.54, 1.807) is 0 Å². The Labute approximate surface area is 482 Å². The van der Waals surface area contributed by atoms with E-state index in [-0.39, 0.29) is 54.0 Å². The highest BCUT2D eigenvalue weighted by atomic mass is 16.2. The highest BCUT2D eigenvalue weighted by Crippen LogP contribution is 2.50. The van der Waals surface area contributed by atoms with E-state index < -0.39 is 35.5 Å². The smallest absolute Gasteiger partial charge is 0.148 e. The minimum atomic E-state index is -0.410. The van der Waals surface area contributed by atoms with Gasteiger partial charge in [-0.25, -0.2) is 0 Å². The quantitative estimate of drug-likeness (QED) is 0.140. The largest absolute Gasteiger partial charge is 0.361 e. The van der Waals surface area contributed by atoms with Crippen LogP contribution in [0.3, 0.4) is 0 Å². The predicted octanol–water partition coefficient (Wildman–Crippen LogP) is 13.4. The van der Waals surface area contributed by atoms with E-state index in [0.29, 0.717) is 0 Å². The second kappa shape index (κ2) is 19.6. The van der Waals surface area contributed by atoms with Crippen LogP contribution in [-0.2, 0) is 67.7 Å². The van der Waals surface area contributed by atoms with E-state index in [9.17, 15) is 28.8 Å². The molecule has 84 heavy (non-hydrogen) atoms. The first-order chi connectivity index (χ1) is 41.2. The summed E-state index contributed by atoms with van der Waals surface area (Å²) in [5.41, 5.74) is 16.7. The number of aryl methyl sites for hydroxylation is 6. The van der Waals surface area contributed by atoms with Crippen LogP contribution in [0.1, 0.15) is 124 Å². The van der Waals surface area contributed by atoms with Gasteiger partial charge in [0.25, 0.3) is 0 Å². The molecule has 3 saturated carbocycles. The van der Waals surface area contributed by atoms with Crippen molar-refractivity contribution in [2.75, 3.05) is 0 Å². The van der Waals surface area contributed by atoms with Gasteiger partial charge in [-0.3, -0.25) is 28.8 Å². The zero-order valence-corrected chi connectivity index (χ0v) is 46.3. The van der Waals surface area contributed by atoms with E-state index in [1.807, 2.05) is 91.4 Å². The number of hydrogen-bond acceptors (Lipinski definition) is 6. The van der Waals surface area contributed by atoms with Gasteiger partial charge in [0.2, 0.25) is 0 Å². The van der Waals surface area contributed by atoms with E-state index in [2.05, 4.69) is 102 Å². The zero-order valence-electron chi connectivity index (χ0n) is 46.3. The number of Topliss-reactive ketones (excluding diaryl/α,β-unsaturated/α-hetero) is 6. The molecule has 3 fully saturated rings. The Morgan fingerprint density at radius 1 is 0.298 bits per heavy atom. The lowest BCUT2D eigenvalue weighted by Gasteiger charge is -2.17. The van der Waals surface area contributed by atoms with Gasteiger partial charge in [0.05, 0.1) is 71.3 Å². The van der Waals surface area contributed by atoms with Crippen molar-refractivity contribution in [2.45, 2.75) is 113 Å². The number of carbonyl (C=O) groups is 6. The van der Waals surface area contributed by atoms with E-state index in [1.165, 1.54) is 33.2 Å². The summed E-state index contributed by atoms with van der Waals surface area (Å²) in [6, 6.07) is 43.1. The van der Waals surface area contributed by atoms with E-state index in [0.717, 1.165) is 140 Å². The number of H-pyrrole nitrogens is 3. The van der Waals surface area contributed by atoms with Gasteiger partial charge in [-0.15, -0.1) is 0 Å². The molecule has 0 radical (unpaired) electrons. The first-order valence-electron chi connectivity index (χ1n) is 29.8. The van der Waals surface area contributed by atoms with Crippen LogP contribution in [-0.4, -0.2) is 63.4 Å². The van der Waals surface area contributed by atoms with Gasteiger partial charge in [0, 0.05) is 106 Å². The molecular weight excluding hydrogens is 1040 g/mol. The van der Waals surface area contributed by atoms with Crippen LogP contribution in [0.15, 0.2) is 165 Å². The third-order valence-electron chi connectivity index (χ3n) is 19.6. The third-order valence-corrected chi connectivity index (χ3v) is 19.6. The highest BCUT2D eigenvalue weighted by Gasteiger charge is 2.48. The minimum absolute atomic E-state index is 0.0290. The Balaban J connectivity index is 0.000000103. The molecule has 6 aromatic heterocycles. The third kappa shape index (κ3) is 7.78. The Bertz CT molecular complexity index is 4300. The van der Waals surface area contributed by atoms with Crippen LogP contribution >= 0.6 is 0 Å². The summed E-state index contributed by atoms with van der Waals surface area (Å²) in [6.45, 7) is 2.92. The van der Waals surface area contributed by atoms with Gasteiger partial charge in [0.1, 0.15) is 34.7 Å². The summed E-state index contributed by atoms with van der Waals surface area (Å²) in [5.74, 6) is -2.19. The number of benzene rings is 6. The zero-order chi connectivity index (χ0) is 56.5. The number of aromatic amines is 3. The molecule has 12 nitrogen and oxygen atoms in total. The molecule has 0 bridgehead atoms.